The van der Waals surface area contributed by atoms with E-state index in [4.69, 9.17) is 16.3 Å². The van der Waals surface area contributed by atoms with E-state index >= 15 is 0 Å². The Morgan fingerprint density at radius 1 is 1.22 bits per heavy atom. The first-order valence-corrected chi connectivity index (χ1v) is 7.07. The monoisotopic (exact) mass is 269 g/mol. The number of halogens is 1. The molecular formula is C15H24ClNO. The van der Waals surface area contributed by atoms with Crippen molar-refractivity contribution in [1.82, 2.24) is 5.32 Å². The van der Waals surface area contributed by atoms with Crippen LogP contribution in [0.15, 0.2) is 18.2 Å². The molecule has 0 heterocycles. The fraction of sp³-hybridized carbons (Fsp3) is 0.600. The van der Waals surface area contributed by atoms with Crippen molar-refractivity contribution in [1.29, 1.82) is 0 Å². The molecule has 0 saturated carbocycles. The molecule has 0 unspecified atom stereocenters. The number of rotatable bonds is 8. The van der Waals surface area contributed by atoms with Crippen LogP contribution in [0.25, 0.3) is 0 Å². The van der Waals surface area contributed by atoms with Crippen LogP contribution in [0.5, 0.6) is 5.75 Å². The summed E-state index contributed by atoms with van der Waals surface area (Å²) in [5, 5.41) is 4.14. The van der Waals surface area contributed by atoms with Crippen molar-refractivity contribution in [2.24, 2.45) is 0 Å². The van der Waals surface area contributed by atoms with Crippen molar-refractivity contribution in [3.63, 3.8) is 0 Å². The quantitative estimate of drug-likeness (QED) is 0.719. The molecule has 18 heavy (non-hydrogen) atoms. The number of unbranched alkanes of at least 4 members (excludes halogenated alkanes) is 2. The Morgan fingerprint density at radius 3 is 2.61 bits per heavy atom. The van der Waals surface area contributed by atoms with Gasteiger partial charge in [-0.1, -0.05) is 37.9 Å². The summed E-state index contributed by atoms with van der Waals surface area (Å²) in [4.78, 5) is 0. The first-order chi connectivity index (χ1) is 8.63. The molecule has 0 bridgehead atoms. The summed E-state index contributed by atoms with van der Waals surface area (Å²) in [6, 6.07) is 6.63. The SMILES string of the molecule is COc1ccc(CCCCCNC(C)C)cc1Cl. The van der Waals surface area contributed by atoms with E-state index in [0.29, 0.717) is 11.1 Å². The summed E-state index contributed by atoms with van der Waals surface area (Å²) < 4.78 is 5.14. The van der Waals surface area contributed by atoms with Gasteiger partial charge in [-0.25, -0.2) is 0 Å². The Hall–Kier alpha value is -0.730. The molecule has 1 aromatic rings. The Bertz CT molecular complexity index is 352. The molecule has 1 N–H and O–H groups in total. The highest BCUT2D eigenvalue weighted by atomic mass is 35.5. The van der Waals surface area contributed by atoms with Gasteiger partial charge in [0.15, 0.2) is 0 Å². The molecule has 0 fully saturated rings. The number of nitrogens with one attached hydrogen (secondary N) is 1. The van der Waals surface area contributed by atoms with Crippen LogP contribution < -0.4 is 10.1 Å². The van der Waals surface area contributed by atoms with Gasteiger partial charge in [0.25, 0.3) is 0 Å². The fourth-order valence-corrected chi connectivity index (χ4v) is 2.17. The van der Waals surface area contributed by atoms with E-state index in [1.54, 1.807) is 7.11 Å². The second-order valence-electron chi connectivity index (χ2n) is 4.89. The summed E-state index contributed by atoms with van der Waals surface area (Å²) in [7, 11) is 1.64. The van der Waals surface area contributed by atoms with Crippen LogP contribution in [0.2, 0.25) is 5.02 Å². The highest BCUT2D eigenvalue weighted by molar-refractivity contribution is 6.32. The van der Waals surface area contributed by atoms with E-state index in [-0.39, 0.29) is 0 Å². The van der Waals surface area contributed by atoms with E-state index in [0.717, 1.165) is 18.7 Å². The highest BCUT2D eigenvalue weighted by Crippen LogP contribution is 2.25. The van der Waals surface area contributed by atoms with Crippen LogP contribution in [0.3, 0.4) is 0 Å². The largest absolute Gasteiger partial charge is 0.495 e. The molecule has 0 amide bonds. The second kappa shape index (κ2) is 8.39. The minimum absolute atomic E-state index is 0.588. The average Bonchev–Trinajstić information content (AvgIpc) is 2.33. The number of methoxy groups -OCH3 is 1. The molecule has 0 radical (unpaired) electrons. The number of benzene rings is 1. The lowest BCUT2D eigenvalue weighted by molar-refractivity contribution is 0.415. The third kappa shape index (κ3) is 5.74. The Labute approximate surface area is 116 Å². The van der Waals surface area contributed by atoms with Gasteiger partial charge in [-0.3, -0.25) is 0 Å². The van der Waals surface area contributed by atoms with Gasteiger partial charge < -0.3 is 10.1 Å². The van der Waals surface area contributed by atoms with Gasteiger partial charge in [0.05, 0.1) is 12.1 Å². The van der Waals surface area contributed by atoms with Crippen LogP contribution in [-0.2, 0) is 6.42 Å². The number of ether oxygens (including phenoxy) is 1. The van der Waals surface area contributed by atoms with Gasteiger partial charge >= 0.3 is 0 Å². The third-order valence-electron chi connectivity index (χ3n) is 2.91. The van der Waals surface area contributed by atoms with Crippen LogP contribution in [0, 0.1) is 0 Å². The summed E-state index contributed by atoms with van der Waals surface area (Å²) in [5.74, 6) is 0.751. The maximum Gasteiger partial charge on any atom is 0.137 e. The molecule has 0 aliphatic rings. The van der Waals surface area contributed by atoms with Crippen LogP contribution in [-0.4, -0.2) is 19.7 Å². The predicted molar refractivity (Wildman–Crippen MR) is 78.7 cm³/mol. The van der Waals surface area contributed by atoms with E-state index in [1.165, 1.54) is 24.8 Å². The van der Waals surface area contributed by atoms with Crippen molar-refractivity contribution >= 4 is 11.6 Å². The summed E-state index contributed by atoms with van der Waals surface area (Å²) in [6.07, 6.45) is 4.79. The molecule has 0 aliphatic carbocycles. The number of aryl methyl sites for hydroxylation is 1. The van der Waals surface area contributed by atoms with Crippen molar-refractivity contribution in [2.75, 3.05) is 13.7 Å². The normalized spacial score (nSPS) is 10.9. The average molecular weight is 270 g/mol. The lowest BCUT2D eigenvalue weighted by Gasteiger charge is -2.08. The molecule has 0 atom stereocenters. The van der Waals surface area contributed by atoms with Gasteiger partial charge in [0.2, 0.25) is 0 Å². The van der Waals surface area contributed by atoms with Crippen LogP contribution >= 0.6 is 11.6 Å². The van der Waals surface area contributed by atoms with Crippen molar-refractivity contribution in [2.45, 2.75) is 45.6 Å². The molecule has 0 aromatic heterocycles. The van der Waals surface area contributed by atoms with Crippen LogP contribution in [0.1, 0.15) is 38.7 Å². The lowest BCUT2D eigenvalue weighted by Crippen LogP contribution is -2.23. The van der Waals surface area contributed by atoms with Crippen molar-refractivity contribution in [3.8, 4) is 5.75 Å². The second-order valence-corrected chi connectivity index (χ2v) is 5.30. The van der Waals surface area contributed by atoms with Crippen molar-refractivity contribution in [3.05, 3.63) is 28.8 Å². The van der Waals surface area contributed by atoms with E-state index in [1.807, 2.05) is 12.1 Å². The van der Waals surface area contributed by atoms with Gasteiger partial charge in [0.1, 0.15) is 5.75 Å². The standard InChI is InChI=1S/C15H24ClNO/c1-12(2)17-10-6-4-5-7-13-8-9-15(18-3)14(16)11-13/h8-9,11-12,17H,4-7,10H2,1-3H3. The molecular weight excluding hydrogens is 246 g/mol. The third-order valence-corrected chi connectivity index (χ3v) is 3.21. The van der Waals surface area contributed by atoms with Gasteiger partial charge in [-0.05, 0) is 43.5 Å². The minimum Gasteiger partial charge on any atom is -0.495 e. The first kappa shape index (κ1) is 15.3. The Morgan fingerprint density at radius 2 is 2.00 bits per heavy atom. The molecule has 1 aromatic carbocycles. The molecule has 0 saturated heterocycles. The zero-order valence-electron chi connectivity index (χ0n) is 11.6. The molecule has 2 nitrogen and oxygen atoms in total. The predicted octanol–water partition coefficient (Wildman–Crippen LogP) is 4.06. The Balaban J connectivity index is 2.21. The first-order valence-electron chi connectivity index (χ1n) is 6.69. The Kier molecular flexibility index (Phi) is 7.14. The summed E-state index contributed by atoms with van der Waals surface area (Å²) >= 11 is 6.09. The summed E-state index contributed by atoms with van der Waals surface area (Å²) in [6.45, 7) is 5.47. The summed E-state index contributed by atoms with van der Waals surface area (Å²) in [5.41, 5.74) is 1.29. The van der Waals surface area contributed by atoms with Gasteiger partial charge in [0, 0.05) is 6.04 Å². The minimum atomic E-state index is 0.588. The molecule has 3 heteroatoms. The zero-order chi connectivity index (χ0) is 13.4. The smallest absolute Gasteiger partial charge is 0.137 e. The lowest BCUT2D eigenvalue weighted by atomic mass is 10.1. The van der Waals surface area contributed by atoms with Gasteiger partial charge in [-0.2, -0.15) is 0 Å². The topological polar surface area (TPSA) is 21.3 Å². The van der Waals surface area contributed by atoms with E-state index in [2.05, 4.69) is 25.2 Å². The maximum absolute atomic E-state index is 6.09. The molecule has 1 rings (SSSR count). The van der Waals surface area contributed by atoms with Crippen LogP contribution in [0.4, 0.5) is 0 Å². The molecule has 0 spiro atoms. The molecule has 0 aliphatic heterocycles. The van der Waals surface area contributed by atoms with E-state index in [9.17, 15) is 0 Å². The number of hydrogen-bond donors (Lipinski definition) is 1. The van der Waals surface area contributed by atoms with Gasteiger partial charge in [-0.15, -0.1) is 0 Å². The highest BCUT2D eigenvalue weighted by Gasteiger charge is 2.01. The maximum atomic E-state index is 6.09. The van der Waals surface area contributed by atoms with Crippen molar-refractivity contribution < 1.29 is 4.74 Å². The van der Waals surface area contributed by atoms with E-state index < -0.39 is 0 Å². The molecule has 102 valence electrons. The zero-order valence-corrected chi connectivity index (χ0v) is 12.4. The number of hydrogen-bond acceptors (Lipinski definition) is 2. The fourth-order valence-electron chi connectivity index (χ4n) is 1.89.